The van der Waals surface area contributed by atoms with E-state index in [0.717, 1.165) is 48.8 Å². The van der Waals surface area contributed by atoms with E-state index in [2.05, 4.69) is 17.2 Å². The van der Waals surface area contributed by atoms with Gasteiger partial charge < -0.3 is 14.6 Å². The summed E-state index contributed by atoms with van der Waals surface area (Å²) >= 11 is 1.02. The van der Waals surface area contributed by atoms with Crippen molar-refractivity contribution in [3.8, 4) is 11.3 Å². The third-order valence-electron chi connectivity index (χ3n) is 6.35. The van der Waals surface area contributed by atoms with Gasteiger partial charge in [0.15, 0.2) is 5.13 Å². The summed E-state index contributed by atoms with van der Waals surface area (Å²) < 4.78 is 55.7. The lowest BCUT2D eigenvalue weighted by molar-refractivity contribution is -0.132. The molecule has 0 saturated heterocycles. The minimum Gasteiger partial charge on any atom is -0.478 e. The second kappa shape index (κ2) is 15.5. The van der Waals surface area contributed by atoms with E-state index in [0.29, 0.717) is 31.6 Å². The Balaban J connectivity index is 1.70. The molecule has 0 spiro atoms. The van der Waals surface area contributed by atoms with E-state index in [-0.39, 0.29) is 27.5 Å². The molecule has 1 atom stereocenters. The number of carbonyl (C=O) groups excluding carboxylic acids is 1. The van der Waals surface area contributed by atoms with Crippen LogP contribution in [0.2, 0.25) is 0 Å². The maximum atomic E-state index is 15.6. The number of hydrogen-bond donors (Lipinski definition) is 2. The summed E-state index contributed by atoms with van der Waals surface area (Å²) in [6, 6.07) is 6.53. The Hall–Kier alpha value is -3.54. The minimum absolute atomic E-state index is 0.102. The number of aliphatic carboxylic acids is 1. The third-order valence-corrected chi connectivity index (χ3v) is 7.10. The van der Waals surface area contributed by atoms with Crippen LogP contribution >= 0.6 is 11.3 Å². The van der Waals surface area contributed by atoms with Crippen LogP contribution in [0.3, 0.4) is 0 Å². The smallest absolute Gasteiger partial charge is 0.331 e. The fraction of sp³-hybridized carbons (Fsp3) is 0.367. The van der Waals surface area contributed by atoms with E-state index in [9.17, 15) is 18.4 Å². The van der Waals surface area contributed by atoms with Crippen LogP contribution < -0.4 is 5.32 Å². The topological polar surface area (TPSA) is 97.8 Å². The number of methoxy groups -OCH3 is 1. The number of rotatable bonds is 15. The van der Waals surface area contributed by atoms with E-state index in [1.807, 2.05) is 0 Å². The summed E-state index contributed by atoms with van der Waals surface area (Å²) in [5.41, 5.74) is -0.280. The highest BCUT2D eigenvalue weighted by Gasteiger charge is 2.21. The van der Waals surface area contributed by atoms with Gasteiger partial charge in [-0.1, -0.05) is 31.9 Å². The van der Waals surface area contributed by atoms with Crippen molar-refractivity contribution in [2.24, 2.45) is 0 Å². The number of aromatic nitrogens is 1. The van der Waals surface area contributed by atoms with Crippen LogP contribution in [0.1, 0.15) is 73.5 Å². The maximum absolute atomic E-state index is 15.6. The number of nitrogens with one attached hydrogen (secondary N) is 1. The molecule has 0 radical (unpaired) electrons. The quantitative estimate of drug-likeness (QED) is 0.139. The zero-order chi connectivity index (χ0) is 29.9. The number of carboxylic acids is 1. The highest BCUT2D eigenvalue weighted by atomic mass is 32.1. The molecule has 41 heavy (non-hydrogen) atoms. The molecule has 7 nitrogen and oxygen atoms in total. The summed E-state index contributed by atoms with van der Waals surface area (Å²) in [5.74, 6) is -4.83. The van der Waals surface area contributed by atoms with Gasteiger partial charge in [0.25, 0.3) is 5.91 Å². The Kier molecular flexibility index (Phi) is 12.1. The number of halogens is 3. The molecule has 1 heterocycles. The fourth-order valence-corrected chi connectivity index (χ4v) is 4.78. The molecule has 0 aliphatic heterocycles. The third kappa shape index (κ3) is 8.72. The number of ether oxygens (including phenoxy) is 2. The normalized spacial score (nSPS) is 12.4. The number of nitrogens with zero attached hydrogens (tertiary/aromatic N) is 1. The first-order valence-corrected chi connectivity index (χ1v) is 14.1. The number of thiazole rings is 1. The van der Waals surface area contributed by atoms with E-state index >= 15 is 4.39 Å². The monoisotopic (exact) mass is 590 g/mol. The van der Waals surface area contributed by atoms with Gasteiger partial charge in [-0.05, 0) is 50.5 Å². The van der Waals surface area contributed by atoms with Crippen molar-refractivity contribution in [2.75, 3.05) is 25.6 Å². The van der Waals surface area contributed by atoms with Crippen molar-refractivity contribution < 1.29 is 37.3 Å². The number of unbranched alkanes of at least 4 members (excludes halogenated alkanes) is 2. The van der Waals surface area contributed by atoms with Crippen LogP contribution in [0, 0.1) is 17.5 Å². The fourth-order valence-electron chi connectivity index (χ4n) is 4.08. The largest absolute Gasteiger partial charge is 0.478 e. The summed E-state index contributed by atoms with van der Waals surface area (Å²) in [5, 5.41) is 13.1. The summed E-state index contributed by atoms with van der Waals surface area (Å²) in [7, 11) is 1.52. The average molecular weight is 591 g/mol. The van der Waals surface area contributed by atoms with Gasteiger partial charge in [-0.25, -0.2) is 22.9 Å². The molecule has 2 aromatic carbocycles. The lowest BCUT2D eigenvalue weighted by Crippen LogP contribution is -2.13. The highest BCUT2D eigenvalue weighted by Crippen LogP contribution is 2.33. The maximum Gasteiger partial charge on any atom is 0.331 e. The predicted octanol–water partition coefficient (Wildman–Crippen LogP) is 7.64. The van der Waals surface area contributed by atoms with Crippen molar-refractivity contribution in [3.63, 3.8) is 0 Å². The molecule has 3 aromatic rings. The Morgan fingerprint density at radius 3 is 2.49 bits per heavy atom. The molecule has 0 saturated carbocycles. The predicted molar refractivity (Wildman–Crippen MR) is 152 cm³/mol. The first-order chi connectivity index (χ1) is 19.7. The summed E-state index contributed by atoms with van der Waals surface area (Å²) in [4.78, 5) is 27.9. The van der Waals surface area contributed by atoms with Crippen molar-refractivity contribution in [2.45, 2.75) is 52.1 Å². The van der Waals surface area contributed by atoms with Gasteiger partial charge in [0.1, 0.15) is 17.5 Å². The van der Waals surface area contributed by atoms with Crippen molar-refractivity contribution >= 4 is 34.4 Å². The molecule has 0 bridgehead atoms. The molecule has 220 valence electrons. The van der Waals surface area contributed by atoms with E-state index in [1.54, 1.807) is 23.6 Å². The zero-order valence-electron chi connectivity index (χ0n) is 23.1. The Labute approximate surface area is 241 Å². The minimum atomic E-state index is -1.33. The Morgan fingerprint density at radius 2 is 1.83 bits per heavy atom. The molecule has 11 heteroatoms. The van der Waals surface area contributed by atoms with E-state index in [1.165, 1.54) is 14.0 Å². The number of anilines is 1. The van der Waals surface area contributed by atoms with Crippen LogP contribution in [0.4, 0.5) is 18.3 Å². The SMILES string of the molecule is CCCCCOCCCC(OC)c1cccc(-c2csc(NC(=O)c3cc(F)c(C=C(C)C(=O)O)c(F)c3)n2)c1F. The van der Waals surface area contributed by atoms with Crippen LogP contribution in [0.5, 0.6) is 0 Å². The van der Waals surface area contributed by atoms with Crippen molar-refractivity contribution in [1.82, 2.24) is 4.98 Å². The number of carbonyl (C=O) groups is 2. The Morgan fingerprint density at radius 1 is 1.12 bits per heavy atom. The molecule has 3 rings (SSSR count). The first kappa shape index (κ1) is 32.0. The molecular formula is C30H33F3N2O5S. The standard InChI is InChI=1S/C30H33F3N2O5S/c1-4-5-6-12-40-13-8-11-26(39-3)21-10-7-9-20(27(21)33)25-17-41-30(34-25)35-28(36)19-15-23(31)22(24(32)16-19)14-18(2)29(37)38/h7,9-10,14-17,26H,4-6,8,11-13H2,1-3H3,(H,37,38)(H,34,35,36). The van der Waals surface area contributed by atoms with Crippen molar-refractivity contribution in [1.29, 1.82) is 0 Å². The molecule has 2 N–H and O–H groups in total. The van der Waals surface area contributed by atoms with Crippen molar-refractivity contribution in [3.05, 3.63) is 75.4 Å². The second-order valence-corrected chi connectivity index (χ2v) is 10.2. The Bertz CT molecular complexity index is 1370. The van der Waals surface area contributed by atoms with Gasteiger partial charge >= 0.3 is 5.97 Å². The van der Waals surface area contributed by atoms with Gasteiger partial charge in [0.05, 0.1) is 11.8 Å². The van der Waals surface area contributed by atoms with E-state index < -0.39 is 41.0 Å². The summed E-state index contributed by atoms with van der Waals surface area (Å²) in [6.07, 6.45) is 4.91. The van der Waals surface area contributed by atoms with Gasteiger partial charge in [-0.3, -0.25) is 10.1 Å². The van der Waals surface area contributed by atoms with Crippen LogP contribution in [-0.4, -0.2) is 42.3 Å². The molecular weight excluding hydrogens is 557 g/mol. The van der Waals surface area contributed by atoms with Crippen LogP contribution in [-0.2, 0) is 14.3 Å². The van der Waals surface area contributed by atoms with Gasteiger partial charge in [0, 0.05) is 53.5 Å². The van der Waals surface area contributed by atoms with Crippen LogP contribution in [0.25, 0.3) is 17.3 Å². The highest BCUT2D eigenvalue weighted by molar-refractivity contribution is 7.14. The lowest BCUT2D eigenvalue weighted by atomic mass is 10.00. The first-order valence-electron chi connectivity index (χ1n) is 13.2. The molecule has 1 amide bonds. The molecule has 1 aromatic heterocycles. The number of hydrogen-bond acceptors (Lipinski definition) is 6. The number of carboxylic acid groups (broad SMARTS) is 1. The molecule has 0 aliphatic rings. The lowest BCUT2D eigenvalue weighted by Gasteiger charge is -2.17. The average Bonchev–Trinajstić information content (AvgIpc) is 3.40. The van der Waals surface area contributed by atoms with Gasteiger partial charge in [0.2, 0.25) is 0 Å². The molecule has 1 unspecified atom stereocenters. The number of benzene rings is 2. The zero-order valence-corrected chi connectivity index (χ0v) is 24.0. The second-order valence-electron chi connectivity index (χ2n) is 9.37. The summed E-state index contributed by atoms with van der Waals surface area (Å²) in [6.45, 7) is 4.60. The molecule has 0 fully saturated rings. The van der Waals surface area contributed by atoms with Gasteiger partial charge in [-0.15, -0.1) is 11.3 Å². The number of amides is 1. The van der Waals surface area contributed by atoms with E-state index in [4.69, 9.17) is 14.6 Å². The molecule has 0 aliphatic carbocycles. The van der Waals surface area contributed by atoms with Gasteiger partial charge in [-0.2, -0.15) is 0 Å². The van der Waals surface area contributed by atoms with Crippen LogP contribution in [0.15, 0.2) is 41.3 Å².